The van der Waals surface area contributed by atoms with Crippen molar-refractivity contribution in [1.29, 1.82) is 0 Å². The molecule has 5 nitrogen and oxygen atoms in total. The maximum Gasteiger partial charge on any atom is 0.143 e. The van der Waals surface area contributed by atoms with E-state index in [9.17, 15) is 0 Å². The van der Waals surface area contributed by atoms with E-state index in [-0.39, 0.29) is 6.04 Å². The summed E-state index contributed by atoms with van der Waals surface area (Å²) in [6.45, 7) is 4.88. The smallest absolute Gasteiger partial charge is 0.143 e. The zero-order chi connectivity index (χ0) is 13.5. The van der Waals surface area contributed by atoms with Crippen LogP contribution < -0.4 is 5.32 Å². The van der Waals surface area contributed by atoms with Gasteiger partial charge in [0.15, 0.2) is 0 Å². The summed E-state index contributed by atoms with van der Waals surface area (Å²) < 4.78 is 1.65. The lowest BCUT2D eigenvalue weighted by Gasteiger charge is -2.14. The first-order valence-corrected chi connectivity index (χ1v) is 6.27. The molecule has 1 atom stereocenters. The van der Waals surface area contributed by atoms with E-state index in [4.69, 9.17) is 0 Å². The van der Waals surface area contributed by atoms with Crippen LogP contribution in [0.15, 0.2) is 30.6 Å². The summed E-state index contributed by atoms with van der Waals surface area (Å²) in [4.78, 5) is 0. The second kappa shape index (κ2) is 6.66. The van der Waals surface area contributed by atoms with Gasteiger partial charge in [-0.3, -0.25) is 0 Å². The Kier molecular flexibility index (Phi) is 4.65. The predicted molar refractivity (Wildman–Crippen MR) is 73.6 cm³/mol. The molecular weight excluding hydrogens is 238 g/mol. The molecule has 98 valence electrons. The van der Waals surface area contributed by atoms with Gasteiger partial charge in [0.2, 0.25) is 0 Å². The van der Waals surface area contributed by atoms with Gasteiger partial charge in [-0.15, -0.1) is 16.9 Å². The van der Waals surface area contributed by atoms with Gasteiger partial charge in [0.05, 0.1) is 5.69 Å². The van der Waals surface area contributed by atoms with Gasteiger partial charge in [-0.1, -0.05) is 12.1 Å². The van der Waals surface area contributed by atoms with E-state index in [1.165, 1.54) is 5.56 Å². The highest BCUT2D eigenvalue weighted by Crippen LogP contribution is 2.15. The van der Waals surface area contributed by atoms with E-state index in [2.05, 4.69) is 51.7 Å². The van der Waals surface area contributed by atoms with Crippen LogP contribution in [0.4, 0.5) is 0 Å². The van der Waals surface area contributed by atoms with Crippen molar-refractivity contribution in [2.45, 2.75) is 26.3 Å². The van der Waals surface area contributed by atoms with Gasteiger partial charge in [-0.05, 0) is 42.0 Å². The van der Waals surface area contributed by atoms with E-state index >= 15 is 0 Å². The summed E-state index contributed by atoms with van der Waals surface area (Å²) in [5, 5.41) is 14.6. The third-order valence-electron chi connectivity index (χ3n) is 2.86. The molecule has 0 aliphatic carbocycles. The van der Waals surface area contributed by atoms with Crippen molar-refractivity contribution in [1.82, 2.24) is 25.5 Å². The van der Waals surface area contributed by atoms with E-state index in [0.29, 0.717) is 0 Å². The third kappa shape index (κ3) is 3.63. The van der Waals surface area contributed by atoms with Gasteiger partial charge >= 0.3 is 0 Å². The summed E-state index contributed by atoms with van der Waals surface area (Å²) in [7, 11) is 0. The van der Waals surface area contributed by atoms with E-state index in [1.54, 1.807) is 11.0 Å². The van der Waals surface area contributed by atoms with Crippen molar-refractivity contribution in [2.24, 2.45) is 0 Å². The van der Waals surface area contributed by atoms with Crippen LogP contribution >= 0.6 is 0 Å². The van der Waals surface area contributed by atoms with Gasteiger partial charge in [-0.2, -0.15) is 0 Å². The van der Waals surface area contributed by atoms with Crippen molar-refractivity contribution in [3.8, 4) is 17.5 Å². The minimum absolute atomic E-state index is 0.273. The van der Waals surface area contributed by atoms with Crippen LogP contribution in [0.3, 0.4) is 0 Å². The predicted octanol–water partition coefficient (Wildman–Crippen LogP) is 1.73. The standard InChI is InChI=1S/C14H17N5/c1-3-4-5-9-15-12(2)13-7-6-8-14(10-13)19-11-16-17-18-19/h6-8,10-12,15H,5,9H2,1-2H3. The van der Waals surface area contributed by atoms with Crippen LogP contribution in [0.25, 0.3) is 5.69 Å². The number of hydrogen-bond acceptors (Lipinski definition) is 4. The number of nitrogens with zero attached hydrogens (tertiary/aromatic N) is 4. The molecule has 0 aliphatic heterocycles. The Bertz CT molecular complexity index is 565. The van der Waals surface area contributed by atoms with Crippen molar-refractivity contribution >= 4 is 0 Å². The molecule has 0 radical (unpaired) electrons. The van der Waals surface area contributed by atoms with E-state index in [1.807, 2.05) is 19.1 Å². The average Bonchev–Trinajstić information content (AvgIpc) is 2.98. The Hall–Kier alpha value is -2.19. The van der Waals surface area contributed by atoms with Crippen LogP contribution in [0.5, 0.6) is 0 Å². The van der Waals surface area contributed by atoms with Gasteiger partial charge in [-0.25, -0.2) is 4.68 Å². The first-order chi connectivity index (χ1) is 9.31. The Morgan fingerprint density at radius 2 is 2.32 bits per heavy atom. The zero-order valence-corrected chi connectivity index (χ0v) is 11.2. The highest BCUT2D eigenvalue weighted by molar-refractivity contribution is 5.35. The number of benzene rings is 1. The minimum atomic E-state index is 0.273. The second-order valence-electron chi connectivity index (χ2n) is 4.20. The fourth-order valence-corrected chi connectivity index (χ4v) is 1.81. The van der Waals surface area contributed by atoms with Gasteiger partial charge in [0.25, 0.3) is 0 Å². The van der Waals surface area contributed by atoms with Crippen LogP contribution in [-0.2, 0) is 0 Å². The molecule has 1 N–H and O–H groups in total. The molecular formula is C14H17N5. The van der Waals surface area contributed by atoms with Crippen molar-refractivity contribution < 1.29 is 0 Å². The summed E-state index contributed by atoms with van der Waals surface area (Å²) in [5.41, 5.74) is 2.17. The monoisotopic (exact) mass is 255 g/mol. The third-order valence-corrected chi connectivity index (χ3v) is 2.86. The molecule has 0 amide bonds. The van der Waals surface area contributed by atoms with Gasteiger partial charge in [0.1, 0.15) is 6.33 Å². The molecule has 0 saturated heterocycles. The molecule has 0 aliphatic rings. The lowest BCUT2D eigenvalue weighted by Crippen LogP contribution is -2.19. The number of hydrogen-bond donors (Lipinski definition) is 1. The Balaban J connectivity index is 2.03. The van der Waals surface area contributed by atoms with Crippen LogP contribution in [0.1, 0.15) is 31.9 Å². The summed E-state index contributed by atoms with van der Waals surface area (Å²) in [6, 6.07) is 8.44. The number of rotatable bonds is 5. The van der Waals surface area contributed by atoms with Crippen LogP contribution in [0, 0.1) is 11.8 Å². The molecule has 0 fully saturated rings. The highest BCUT2D eigenvalue weighted by Gasteiger charge is 2.06. The zero-order valence-electron chi connectivity index (χ0n) is 11.2. The highest BCUT2D eigenvalue weighted by atomic mass is 15.5. The normalized spacial score (nSPS) is 11.7. The molecule has 2 aromatic rings. The minimum Gasteiger partial charge on any atom is -0.309 e. The topological polar surface area (TPSA) is 55.6 Å². The van der Waals surface area contributed by atoms with Crippen LogP contribution in [0.2, 0.25) is 0 Å². The summed E-state index contributed by atoms with van der Waals surface area (Å²) >= 11 is 0. The van der Waals surface area contributed by atoms with E-state index < -0.39 is 0 Å². The van der Waals surface area contributed by atoms with Crippen molar-refractivity contribution in [2.75, 3.05) is 6.54 Å². The Labute approximate surface area is 113 Å². The maximum atomic E-state index is 3.89. The molecule has 0 bridgehead atoms. The van der Waals surface area contributed by atoms with E-state index in [0.717, 1.165) is 18.7 Å². The number of aromatic nitrogens is 4. The Morgan fingerprint density at radius 1 is 1.42 bits per heavy atom. The molecule has 0 saturated carbocycles. The van der Waals surface area contributed by atoms with Gasteiger partial charge < -0.3 is 5.32 Å². The van der Waals surface area contributed by atoms with Crippen LogP contribution in [-0.4, -0.2) is 26.8 Å². The largest absolute Gasteiger partial charge is 0.309 e. The second-order valence-corrected chi connectivity index (χ2v) is 4.20. The average molecular weight is 255 g/mol. The first kappa shape index (κ1) is 13.2. The Morgan fingerprint density at radius 3 is 3.05 bits per heavy atom. The maximum absolute atomic E-state index is 3.89. The fourth-order valence-electron chi connectivity index (χ4n) is 1.81. The fraction of sp³-hybridized carbons (Fsp3) is 0.357. The lowest BCUT2D eigenvalue weighted by atomic mass is 10.1. The lowest BCUT2D eigenvalue weighted by molar-refractivity contribution is 0.583. The molecule has 0 spiro atoms. The molecule has 2 rings (SSSR count). The first-order valence-electron chi connectivity index (χ1n) is 6.27. The molecule has 1 aromatic heterocycles. The van der Waals surface area contributed by atoms with Crippen molar-refractivity contribution in [3.63, 3.8) is 0 Å². The SMILES string of the molecule is CC#CCCNC(C)c1cccc(-n2cnnn2)c1. The van der Waals surface area contributed by atoms with Crippen molar-refractivity contribution in [3.05, 3.63) is 36.2 Å². The summed E-state index contributed by atoms with van der Waals surface area (Å²) in [6.07, 6.45) is 2.46. The van der Waals surface area contributed by atoms with Gasteiger partial charge in [0, 0.05) is 19.0 Å². The summed E-state index contributed by atoms with van der Waals surface area (Å²) in [5.74, 6) is 5.94. The molecule has 19 heavy (non-hydrogen) atoms. The number of nitrogens with one attached hydrogen (secondary N) is 1. The molecule has 5 heteroatoms. The quantitative estimate of drug-likeness (QED) is 0.653. The molecule has 1 unspecified atom stereocenters. The molecule has 1 aromatic carbocycles. The number of tetrazole rings is 1. The molecule has 1 heterocycles.